The zero-order valence-corrected chi connectivity index (χ0v) is 9.70. The monoisotopic (exact) mass is 218 g/mol. The van der Waals surface area contributed by atoms with Gasteiger partial charge in [-0.25, -0.2) is 0 Å². The highest BCUT2D eigenvalue weighted by Gasteiger charge is 2.33. The standard InChI is InChI=1S/C13H18N2O/c1-13(5-8-14-9-6-13)12(16)10-11-4-2-3-7-15-11/h2-4,7,14H,5-6,8-10H2,1H3. The SMILES string of the molecule is CC1(C(=O)Cc2ccccn2)CCNCC1. The molecular formula is C13H18N2O. The minimum Gasteiger partial charge on any atom is -0.317 e. The number of nitrogens with zero attached hydrogens (tertiary/aromatic N) is 1. The van der Waals surface area contributed by atoms with Crippen molar-refractivity contribution in [1.82, 2.24) is 10.3 Å². The molecule has 3 heteroatoms. The number of rotatable bonds is 3. The Morgan fingerprint density at radius 1 is 1.44 bits per heavy atom. The zero-order valence-electron chi connectivity index (χ0n) is 9.70. The topological polar surface area (TPSA) is 42.0 Å². The summed E-state index contributed by atoms with van der Waals surface area (Å²) in [6, 6.07) is 5.73. The van der Waals surface area contributed by atoms with E-state index in [1.54, 1.807) is 6.20 Å². The second kappa shape index (κ2) is 4.74. The quantitative estimate of drug-likeness (QED) is 0.837. The molecule has 0 bridgehead atoms. The van der Waals surface area contributed by atoms with E-state index in [2.05, 4.69) is 17.2 Å². The van der Waals surface area contributed by atoms with Crippen LogP contribution in [0.2, 0.25) is 0 Å². The lowest BCUT2D eigenvalue weighted by molar-refractivity contribution is -0.128. The maximum absolute atomic E-state index is 12.2. The first-order valence-electron chi connectivity index (χ1n) is 5.85. The van der Waals surface area contributed by atoms with E-state index in [-0.39, 0.29) is 5.41 Å². The Morgan fingerprint density at radius 3 is 2.81 bits per heavy atom. The Balaban J connectivity index is 2.02. The fraction of sp³-hybridized carbons (Fsp3) is 0.538. The van der Waals surface area contributed by atoms with Gasteiger partial charge in [-0.05, 0) is 38.1 Å². The second-order valence-corrected chi connectivity index (χ2v) is 4.73. The van der Waals surface area contributed by atoms with E-state index in [1.165, 1.54) is 0 Å². The second-order valence-electron chi connectivity index (χ2n) is 4.73. The number of ketones is 1. The molecule has 0 atom stereocenters. The van der Waals surface area contributed by atoms with Crippen LogP contribution in [-0.4, -0.2) is 23.9 Å². The molecule has 0 amide bonds. The van der Waals surface area contributed by atoms with Gasteiger partial charge in [-0.15, -0.1) is 0 Å². The predicted molar refractivity (Wildman–Crippen MR) is 63.2 cm³/mol. The van der Waals surface area contributed by atoms with Crippen molar-refractivity contribution in [3.63, 3.8) is 0 Å². The molecule has 1 fully saturated rings. The van der Waals surface area contributed by atoms with Gasteiger partial charge in [0.05, 0.1) is 0 Å². The van der Waals surface area contributed by atoms with Crippen molar-refractivity contribution < 1.29 is 4.79 Å². The van der Waals surface area contributed by atoms with Gasteiger partial charge in [0.2, 0.25) is 0 Å². The Morgan fingerprint density at radius 2 is 2.19 bits per heavy atom. The zero-order chi connectivity index (χ0) is 11.4. The molecule has 0 saturated carbocycles. The molecule has 86 valence electrons. The van der Waals surface area contributed by atoms with Crippen molar-refractivity contribution in [1.29, 1.82) is 0 Å². The summed E-state index contributed by atoms with van der Waals surface area (Å²) in [5.74, 6) is 0.327. The molecule has 1 aromatic rings. The number of hydrogen-bond acceptors (Lipinski definition) is 3. The number of carbonyl (C=O) groups excluding carboxylic acids is 1. The first-order valence-corrected chi connectivity index (χ1v) is 5.85. The first kappa shape index (κ1) is 11.3. The molecule has 1 N–H and O–H groups in total. The van der Waals surface area contributed by atoms with Gasteiger partial charge in [0.1, 0.15) is 5.78 Å². The van der Waals surface area contributed by atoms with Crippen molar-refractivity contribution in [2.24, 2.45) is 5.41 Å². The fourth-order valence-electron chi connectivity index (χ4n) is 2.14. The first-order chi connectivity index (χ1) is 7.71. The Hall–Kier alpha value is -1.22. The smallest absolute Gasteiger partial charge is 0.144 e. The van der Waals surface area contributed by atoms with Crippen LogP contribution in [-0.2, 0) is 11.2 Å². The van der Waals surface area contributed by atoms with Crippen LogP contribution in [0, 0.1) is 5.41 Å². The van der Waals surface area contributed by atoms with Crippen LogP contribution in [0.5, 0.6) is 0 Å². The van der Waals surface area contributed by atoms with Gasteiger partial charge < -0.3 is 5.32 Å². The molecule has 2 rings (SSSR count). The summed E-state index contributed by atoms with van der Waals surface area (Å²) in [4.78, 5) is 16.4. The summed E-state index contributed by atoms with van der Waals surface area (Å²) in [5, 5.41) is 3.29. The number of piperidine rings is 1. The van der Waals surface area contributed by atoms with E-state index in [0.29, 0.717) is 12.2 Å². The third kappa shape index (κ3) is 2.47. The average molecular weight is 218 g/mol. The van der Waals surface area contributed by atoms with Gasteiger partial charge >= 0.3 is 0 Å². The Labute approximate surface area is 96.3 Å². The molecule has 1 aliphatic heterocycles. The molecule has 1 aliphatic rings. The van der Waals surface area contributed by atoms with Gasteiger partial charge in [0.25, 0.3) is 0 Å². The Bertz CT molecular complexity index is 355. The average Bonchev–Trinajstić information content (AvgIpc) is 2.31. The van der Waals surface area contributed by atoms with E-state index < -0.39 is 0 Å². The normalized spacial score (nSPS) is 19.3. The number of aromatic nitrogens is 1. The maximum atomic E-state index is 12.2. The van der Waals surface area contributed by atoms with E-state index in [9.17, 15) is 4.79 Å². The third-order valence-corrected chi connectivity index (χ3v) is 3.45. The maximum Gasteiger partial charge on any atom is 0.144 e. The summed E-state index contributed by atoms with van der Waals surface area (Å²) in [6.07, 6.45) is 4.10. The lowest BCUT2D eigenvalue weighted by Gasteiger charge is -2.32. The summed E-state index contributed by atoms with van der Waals surface area (Å²) >= 11 is 0. The number of hydrogen-bond donors (Lipinski definition) is 1. The highest BCUT2D eigenvalue weighted by atomic mass is 16.1. The van der Waals surface area contributed by atoms with E-state index in [0.717, 1.165) is 31.6 Å². The lowest BCUT2D eigenvalue weighted by atomic mass is 9.76. The molecule has 16 heavy (non-hydrogen) atoms. The molecule has 0 aliphatic carbocycles. The molecular weight excluding hydrogens is 200 g/mol. The summed E-state index contributed by atoms with van der Waals surface area (Å²) in [7, 11) is 0. The van der Waals surface area contributed by atoms with Gasteiger partial charge in [-0.2, -0.15) is 0 Å². The largest absolute Gasteiger partial charge is 0.317 e. The van der Waals surface area contributed by atoms with Crippen molar-refractivity contribution in [3.05, 3.63) is 30.1 Å². The lowest BCUT2D eigenvalue weighted by Crippen LogP contribution is -2.40. The van der Waals surface area contributed by atoms with Crippen LogP contribution in [0.3, 0.4) is 0 Å². The molecule has 2 heterocycles. The van der Waals surface area contributed by atoms with Crippen molar-refractivity contribution >= 4 is 5.78 Å². The van der Waals surface area contributed by atoms with Gasteiger partial charge in [0.15, 0.2) is 0 Å². The highest BCUT2D eigenvalue weighted by molar-refractivity contribution is 5.86. The van der Waals surface area contributed by atoms with Gasteiger partial charge in [-0.3, -0.25) is 9.78 Å². The molecule has 0 aromatic carbocycles. The fourth-order valence-corrected chi connectivity index (χ4v) is 2.14. The van der Waals surface area contributed by atoms with Crippen LogP contribution < -0.4 is 5.32 Å². The number of pyridine rings is 1. The summed E-state index contributed by atoms with van der Waals surface area (Å²) < 4.78 is 0. The van der Waals surface area contributed by atoms with Crippen LogP contribution in [0.1, 0.15) is 25.5 Å². The molecule has 3 nitrogen and oxygen atoms in total. The number of carbonyl (C=O) groups is 1. The van der Waals surface area contributed by atoms with Crippen LogP contribution in [0.4, 0.5) is 0 Å². The van der Waals surface area contributed by atoms with Crippen molar-refractivity contribution in [3.8, 4) is 0 Å². The molecule has 0 radical (unpaired) electrons. The molecule has 0 unspecified atom stereocenters. The van der Waals surface area contributed by atoms with Crippen LogP contribution >= 0.6 is 0 Å². The summed E-state index contributed by atoms with van der Waals surface area (Å²) in [6.45, 7) is 3.98. The minimum absolute atomic E-state index is 0.150. The molecule has 1 saturated heterocycles. The predicted octanol–water partition coefficient (Wildman–Crippen LogP) is 1.58. The van der Waals surface area contributed by atoms with Crippen LogP contribution in [0.15, 0.2) is 24.4 Å². The summed E-state index contributed by atoms with van der Waals surface area (Å²) in [5.41, 5.74) is 0.732. The molecule has 0 spiro atoms. The third-order valence-electron chi connectivity index (χ3n) is 3.45. The van der Waals surface area contributed by atoms with Crippen molar-refractivity contribution in [2.45, 2.75) is 26.2 Å². The van der Waals surface area contributed by atoms with E-state index >= 15 is 0 Å². The highest BCUT2D eigenvalue weighted by Crippen LogP contribution is 2.30. The van der Waals surface area contributed by atoms with Gasteiger partial charge in [-0.1, -0.05) is 13.0 Å². The number of nitrogens with one attached hydrogen (secondary N) is 1. The molecule has 1 aromatic heterocycles. The van der Waals surface area contributed by atoms with Crippen LogP contribution in [0.25, 0.3) is 0 Å². The minimum atomic E-state index is -0.150. The van der Waals surface area contributed by atoms with Gasteiger partial charge in [0, 0.05) is 23.7 Å². The van der Waals surface area contributed by atoms with E-state index in [4.69, 9.17) is 0 Å². The van der Waals surface area contributed by atoms with Crippen molar-refractivity contribution in [2.75, 3.05) is 13.1 Å². The van der Waals surface area contributed by atoms with E-state index in [1.807, 2.05) is 18.2 Å². The Kier molecular flexibility index (Phi) is 3.34. The number of Topliss-reactive ketones (excluding diaryl/α,β-unsaturated/α-hetero) is 1.